The summed E-state index contributed by atoms with van der Waals surface area (Å²) in [4.78, 5) is 25.6. The number of halogens is 2. The van der Waals surface area contributed by atoms with Gasteiger partial charge in [-0.05, 0) is 53.4 Å². The maximum absolute atomic E-state index is 13.3. The second-order valence-electron chi connectivity index (χ2n) is 4.81. The van der Waals surface area contributed by atoms with Crippen molar-refractivity contribution in [1.82, 2.24) is 0 Å². The van der Waals surface area contributed by atoms with Crippen LogP contribution >= 0.6 is 15.9 Å². The Morgan fingerprint density at radius 1 is 1.17 bits per heavy atom. The Bertz CT molecular complexity index is 524. The zero-order chi connectivity index (χ0) is 12.9. The first-order chi connectivity index (χ1) is 8.58. The Hall–Kier alpha value is -1.23. The SMILES string of the molecule is O=C1C2CCC(C2)C(=O)N1c1cc(F)ccc1Br. The standard InChI is InChI=1S/C13H11BrFNO2/c14-10-4-3-9(15)6-11(10)16-12(17)7-1-2-8(5-7)13(16)18/h3-4,6-8H,1-2,5H2. The van der Waals surface area contributed by atoms with Crippen molar-refractivity contribution in [1.29, 1.82) is 0 Å². The highest BCUT2D eigenvalue weighted by Gasteiger charge is 2.46. The molecule has 5 heteroatoms. The van der Waals surface area contributed by atoms with E-state index < -0.39 is 5.82 Å². The third-order valence-corrected chi connectivity index (χ3v) is 4.39. The number of piperidine rings is 1. The van der Waals surface area contributed by atoms with Gasteiger partial charge in [-0.1, -0.05) is 0 Å². The van der Waals surface area contributed by atoms with Crippen LogP contribution in [0, 0.1) is 17.7 Å². The number of hydrogen-bond acceptors (Lipinski definition) is 2. The summed E-state index contributed by atoms with van der Waals surface area (Å²) in [5.74, 6) is -1.00. The van der Waals surface area contributed by atoms with E-state index >= 15 is 0 Å². The second-order valence-corrected chi connectivity index (χ2v) is 5.67. The van der Waals surface area contributed by atoms with Gasteiger partial charge in [0, 0.05) is 16.3 Å². The fourth-order valence-corrected chi connectivity index (χ4v) is 3.22. The van der Waals surface area contributed by atoms with Gasteiger partial charge in [0.1, 0.15) is 5.82 Å². The molecule has 0 N–H and O–H groups in total. The van der Waals surface area contributed by atoms with E-state index in [1.807, 2.05) is 0 Å². The predicted molar refractivity (Wildman–Crippen MR) is 67.4 cm³/mol. The lowest BCUT2D eigenvalue weighted by molar-refractivity contribution is -0.133. The minimum absolute atomic E-state index is 0.0807. The van der Waals surface area contributed by atoms with Crippen LogP contribution < -0.4 is 4.90 Å². The van der Waals surface area contributed by atoms with Crippen LogP contribution in [0.5, 0.6) is 0 Å². The van der Waals surface area contributed by atoms with Crippen LogP contribution in [0.1, 0.15) is 19.3 Å². The summed E-state index contributed by atoms with van der Waals surface area (Å²) in [7, 11) is 0. The lowest BCUT2D eigenvalue weighted by Gasteiger charge is -2.30. The van der Waals surface area contributed by atoms with Gasteiger partial charge in [-0.15, -0.1) is 0 Å². The average molecular weight is 312 g/mol. The summed E-state index contributed by atoms with van der Waals surface area (Å²) < 4.78 is 13.9. The maximum Gasteiger partial charge on any atom is 0.236 e. The van der Waals surface area contributed by atoms with Crippen molar-refractivity contribution in [2.45, 2.75) is 19.3 Å². The zero-order valence-corrected chi connectivity index (χ0v) is 11.1. The number of carbonyl (C=O) groups excluding carboxylic acids is 2. The van der Waals surface area contributed by atoms with E-state index in [1.165, 1.54) is 18.2 Å². The van der Waals surface area contributed by atoms with E-state index in [1.54, 1.807) is 0 Å². The van der Waals surface area contributed by atoms with E-state index in [-0.39, 0.29) is 23.7 Å². The fourth-order valence-electron chi connectivity index (χ4n) is 2.80. The first-order valence-corrected chi connectivity index (χ1v) is 6.70. The van der Waals surface area contributed by atoms with Crippen molar-refractivity contribution in [3.05, 3.63) is 28.5 Å². The van der Waals surface area contributed by atoms with Crippen molar-refractivity contribution < 1.29 is 14.0 Å². The van der Waals surface area contributed by atoms with Crippen molar-refractivity contribution in [3.63, 3.8) is 0 Å². The first kappa shape index (κ1) is 11.8. The summed E-state index contributed by atoms with van der Waals surface area (Å²) in [6.07, 6.45) is 2.18. The normalized spacial score (nSPS) is 26.9. The topological polar surface area (TPSA) is 37.4 Å². The number of imide groups is 1. The molecule has 1 saturated heterocycles. The van der Waals surface area contributed by atoms with Gasteiger partial charge in [-0.25, -0.2) is 9.29 Å². The smallest absolute Gasteiger partial charge is 0.236 e. The molecule has 2 aliphatic rings. The van der Waals surface area contributed by atoms with Crippen LogP contribution in [0.15, 0.2) is 22.7 Å². The Labute approximate surface area is 112 Å². The van der Waals surface area contributed by atoms with Gasteiger partial charge in [-0.3, -0.25) is 9.59 Å². The van der Waals surface area contributed by atoms with Crippen LogP contribution in [-0.2, 0) is 9.59 Å². The largest absolute Gasteiger partial charge is 0.274 e. The molecule has 2 unspecified atom stereocenters. The molecule has 3 nitrogen and oxygen atoms in total. The monoisotopic (exact) mass is 311 g/mol. The molecule has 2 bridgehead atoms. The van der Waals surface area contributed by atoms with Crippen LogP contribution in [-0.4, -0.2) is 11.8 Å². The van der Waals surface area contributed by atoms with Crippen LogP contribution in [0.4, 0.5) is 10.1 Å². The Morgan fingerprint density at radius 2 is 1.78 bits per heavy atom. The molecule has 3 rings (SSSR count). The molecule has 18 heavy (non-hydrogen) atoms. The summed E-state index contributed by atoms with van der Waals surface area (Å²) in [5, 5.41) is 0. The number of fused-ring (bicyclic) bond motifs is 2. The summed E-state index contributed by atoms with van der Waals surface area (Å²) in [6.45, 7) is 0. The number of anilines is 1. The molecule has 1 heterocycles. The van der Waals surface area contributed by atoms with Gasteiger partial charge >= 0.3 is 0 Å². The minimum atomic E-state index is -0.452. The van der Waals surface area contributed by atoms with E-state index in [0.717, 1.165) is 17.7 Å². The Morgan fingerprint density at radius 3 is 2.39 bits per heavy atom. The zero-order valence-electron chi connectivity index (χ0n) is 9.53. The summed E-state index contributed by atoms with van der Waals surface area (Å²) in [6, 6.07) is 4.04. The Kier molecular flexibility index (Phi) is 2.73. The van der Waals surface area contributed by atoms with E-state index in [4.69, 9.17) is 0 Å². The van der Waals surface area contributed by atoms with Gasteiger partial charge in [0.15, 0.2) is 0 Å². The quantitative estimate of drug-likeness (QED) is 0.748. The molecule has 0 aromatic heterocycles. The molecule has 1 aliphatic heterocycles. The van der Waals surface area contributed by atoms with Crippen LogP contribution in [0.25, 0.3) is 0 Å². The van der Waals surface area contributed by atoms with Gasteiger partial charge in [0.2, 0.25) is 11.8 Å². The highest BCUT2D eigenvalue weighted by atomic mass is 79.9. The Balaban J connectivity index is 2.07. The second kappa shape index (κ2) is 4.16. The van der Waals surface area contributed by atoms with Gasteiger partial charge in [0.25, 0.3) is 0 Å². The number of benzene rings is 1. The highest BCUT2D eigenvalue weighted by molar-refractivity contribution is 9.10. The molecule has 2 fully saturated rings. The van der Waals surface area contributed by atoms with Crippen molar-refractivity contribution in [3.8, 4) is 0 Å². The molecule has 0 radical (unpaired) electrons. The van der Waals surface area contributed by atoms with Gasteiger partial charge in [-0.2, -0.15) is 0 Å². The highest BCUT2D eigenvalue weighted by Crippen LogP contribution is 2.41. The van der Waals surface area contributed by atoms with E-state index in [0.29, 0.717) is 16.6 Å². The average Bonchev–Trinajstić information content (AvgIpc) is 2.78. The number of nitrogens with zero attached hydrogens (tertiary/aromatic N) is 1. The number of amides is 2. The number of hydrogen-bond donors (Lipinski definition) is 0. The molecule has 0 spiro atoms. The molecule has 1 aromatic carbocycles. The minimum Gasteiger partial charge on any atom is -0.274 e. The van der Waals surface area contributed by atoms with Crippen LogP contribution in [0.3, 0.4) is 0 Å². The van der Waals surface area contributed by atoms with Gasteiger partial charge < -0.3 is 0 Å². The molecule has 94 valence electrons. The lowest BCUT2D eigenvalue weighted by atomic mass is 9.96. The lowest BCUT2D eigenvalue weighted by Crippen LogP contribution is -2.46. The first-order valence-electron chi connectivity index (χ1n) is 5.91. The molecule has 1 aliphatic carbocycles. The molecule has 1 aromatic rings. The number of carbonyl (C=O) groups is 2. The van der Waals surface area contributed by atoms with E-state index in [2.05, 4.69) is 15.9 Å². The van der Waals surface area contributed by atoms with Crippen molar-refractivity contribution in [2.75, 3.05) is 4.90 Å². The third kappa shape index (κ3) is 1.68. The molecular weight excluding hydrogens is 301 g/mol. The molecule has 2 amide bonds. The van der Waals surface area contributed by atoms with Crippen LogP contribution in [0.2, 0.25) is 0 Å². The predicted octanol–water partition coefficient (Wildman–Crippen LogP) is 2.88. The summed E-state index contributed by atoms with van der Waals surface area (Å²) >= 11 is 3.27. The van der Waals surface area contributed by atoms with Crippen molar-refractivity contribution >= 4 is 33.4 Å². The van der Waals surface area contributed by atoms with E-state index in [9.17, 15) is 14.0 Å². The third-order valence-electron chi connectivity index (χ3n) is 3.72. The van der Waals surface area contributed by atoms with Gasteiger partial charge in [0.05, 0.1) is 5.69 Å². The molecular formula is C13H11BrFNO2. The fraction of sp³-hybridized carbons (Fsp3) is 0.385. The number of rotatable bonds is 1. The summed E-state index contributed by atoms with van der Waals surface area (Å²) in [5.41, 5.74) is 0.321. The van der Waals surface area contributed by atoms with Crippen molar-refractivity contribution in [2.24, 2.45) is 11.8 Å². The maximum atomic E-state index is 13.3. The molecule has 2 atom stereocenters. The molecule has 1 saturated carbocycles.